The number of hydrogen-bond acceptors (Lipinski definition) is 4. The molecule has 0 bridgehead atoms. The molecule has 1 amide bonds. The van der Waals surface area contributed by atoms with E-state index in [4.69, 9.17) is 10.9 Å². The van der Waals surface area contributed by atoms with Gasteiger partial charge in [-0.3, -0.25) is 14.4 Å². The minimum absolute atomic E-state index is 0.166. The van der Waals surface area contributed by atoms with Gasteiger partial charge in [0.2, 0.25) is 5.91 Å². The maximum Gasteiger partial charge on any atom is 0.335 e. The lowest BCUT2D eigenvalue weighted by molar-refractivity contribution is -0.118. The van der Waals surface area contributed by atoms with Crippen LogP contribution in [-0.2, 0) is 21.3 Å². The van der Waals surface area contributed by atoms with Crippen molar-refractivity contribution in [3.63, 3.8) is 0 Å². The summed E-state index contributed by atoms with van der Waals surface area (Å²) in [6.45, 7) is 0. The van der Waals surface area contributed by atoms with Gasteiger partial charge >= 0.3 is 5.97 Å². The molecule has 1 aromatic rings. The van der Waals surface area contributed by atoms with Crippen LogP contribution in [0.4, 0.5) is 0 Å². The Morgan fingerprint density at radius 3 is 2.35 bits per heavy atom. The number of hydrazine groups is 1. The molecule has 6 nitrogen and oxygen atoms in total. The van der Waals surface area contributed by atoms with E-state index in [1.807, 2.05) is 5.43 Å². The Morgan fingerprint density at radius 2 is 1.88 bits per heavy atom. The fraction of sp³-hybridized carbons (Fsp3) is 0.200. The summed E-state index contributed by atoms with van der Waals surface area (Å²) in [5.41, 5.74) is 2.77. The number of carbonyl (C=O) groups excluding carboxylic acids is 1. The fourth-order valence-corrected chi connectivity index (χ4v) is 2.21. The number of carbonyl (C=O) groups is 2. The second-order valence-electron chi connectivity index (χ2n) is 3.30. The number of aromatic carboxylic acids is 1. The van der Waals surface area contributed by atoms with Crippen molar-refractivity contribution in [3.05, 3.63) is 35.4 Å². The second-order valence-corrected chi connectivity index (χ2v) is 4.76. The van der Waals surface area contributed by atoms with E-state index >= 15 is 0 Å². The molecule has 0 fully saturated rings. The van der Waals surface area contributed by atoms with Crippen molar-refractivity contribution >= 4 is 22.7 Å². The number of amides is 1. The van der Waals surface area contributed by atoms with E-state index in [1.54, 1.807) is 12.1 Å². The summed E-state index contributed by atoms with van der Waals surface area (Å²) in [7, 11) is -1.36. The molecule has 1 atom stereocenters. The Kier molecular flexibility index (Phi) is 4.80. The minimum atomic E-state index is -1.36. The van der Waals surface area contributed by atoms with Gasteiger partial charge in [0.25, 0.3) is 0 Å². The topological polar surface area (TPSA) is 109 Å². The Labute approximate surface area is 100 Å². The molecule has 17 heavy (non-hydrogen) atoms. The Bertz CT molecular complexity index is 444. The lowest BCUT2D eigenvalue weighted by Crippen LogP contribution is -2.34. The normalized spacial score (nSPS) is 11.8. The van der Waals surface area contributed by atoms with E-state index in [0.29, 0.717) is 5.56 Å². The summed E-state index contributed by atoms with van der Waals surface area (Å²) in [5, 5.41) is 8.68. The molecule has 92 valence electrons. The number of hydrogen-bond donors (Lipinski definition) is 3. The minimum Gasteiger partial charge on any atom is -0.478 e. The molecule has 0 radical (unpaired) electrons. The number of carboxylic acids is 1. The highest BCUT2D eigenvalue weighted by Gasteiger charge is 2.08. The molecule has 4 N–H and O–H groups in total. The Hall–Kier alpha value is -1.73. The number of benzene rings is 1. The second kappa shape index (κ2) is 6.12. The quantitative estimate of drug-likeness (QED) is 0.378. The first-order valence-corrected chi connectivity index (χ1v) is 6.18. The van der Waals surface area contributed by atoms with Crippen LogP contribution in [0.2, 0.25) is 0 Å². The predicted molar refractivity (Wildman–Crippen MR) is 62.4 cm³/mol. The summed E-state index contributed by atoms with van der Waals surface area (Å²) in [6, 6.07) is 6.00. The molecule has 0 spiro atoms. The van der Waals surface area contributed by atoms with Crippen LogP contribution in [0.5, 0.6) is 0 Å². The highest BCUT2D eigenvalue weighted by molar-refractivity contribution is 7.84. The Balaban J connectivity index is 2.60. The first-order valence-electron chi connectivity index (χ1n) is 4.69. The number of nitrogens with two attached hydrogens (primary N) is 1. The van der Waals surface area contributed by atoms with E-state index in [-0.39, 0.29) is 17.1 Å². The van der Waals surface area contributed by atoms with E-state index in [2.05, 4.69) is 0 Å². The number of rotatable bonds is 5. The average molecular weight is 256 g/mol. The smallest absolute Gasteiger partial charge is 0.335 e. The van der Waals surface area contributed by atoms with E-state index in [1.165, 1.54) is 12.1 Å². The van der Waals surface area contributed by atoms with Crippen molar-refractivity contribution in [2.75, 3.05) is 5.75 Å². The molecule has 7 heteroatoms. The summed E-state index contributed by atoms with van der Waals surface area (Å²) in [6.07, 6.45) is 0. The van der Waals surface area contributed by atoms with Gasteiger partial charge in [0.1, 0.15) is 5.75 Å². The largest absolute Gasteiger partial charge is 0.478 e. The van der Waals surface area contributed by atoms with Crippen LogP contribution in [-0.4, -0.2) is 26.9 Å². The molecular formula is C10H12N2O4S. The van der Waals surface area contributed by atoms with Gasteiger partial charge in [-0.05, 0) is 17.7 Å². The highest BCUT2D eigenvalue weighted by atomic mass is 32.2. The first-order chi connectivity index (χ1) is 8.02. The molecule has 0 aromatic heterocycles. The van der Waals surface area contributed by atoms with Crippen LogP contribution < -0.4 is 11.3 Å². The zero-order chi connectivity index (χ0) is 12.8. The van der Waals surface area contributed by atoms with Crippen molar-refractivity contribution < 1.29 is 18.9 Å². The van der Waals surface area contributed by atoms with E-state index < -0.39 is 22.7 Å². The van der Waals surface area contributed by atoms with Crippen molar-refractivity contribution in [2.45, 2.75) is 5.75 Å². The summed E-state index contributed by atoms with van der Waals surface area (Å²) >= 11 is 0. The van der Waals surface area contributed by atoms with Gasteiger partial charge in [0, 0.05) is 16.6 Å². The Morgan fingerprint density at radius 1 is 1.29 bits per heavy atom. The van der Waals surface area contributed by atoms with Crippen LogP contribution >= 0.6 is 0 Å². The SMILES string of the molecule is NNC(=O)CS(=O)Cc1ccc(C(=O)O)cc1. The van der Waals surface area contributed by atoms with Gasteiger partial charge in [-0.25, -0.2) is 10.6 Å². The molecule has 0 aliphatic rings. The standard InChI is InChI=1S/C10H12N2O4S/c11-12-9(13)6-17(16)5-7-1-3-8(4-2-7)10(14)15/h1-4H,5-6,11H2,(H,12,13)(H,14,15). The molecule has 1 rings (SSSR count). The van der Waals surface area contributed by atoms with Crippen molar-refractivity contribution in [1.29, 1.82) is 0 Å². The summed E-state index contributed by atoms with van der Waals surface area (Å²) in [5.74, 6) is 3.38. The highest BCUT2D eigenvalue weighted by Crippen LogP contribution is 2.07. The number of nitrogens with one attached hydrogen (secondary N) is 1. The third-order valence-corrected chi connectivity index (χ3v) is 3.22. The molecule has 0 aliphatic heterocycles. The van der Waals surface area contributed by atoms with Crippen LogP contribution in [0.25, 0.3) is 0 Å². The monoisotopic (exact) mass is 256 g/mol. The third-order valence-electron chi connectivity index (χ3n) is 1.98. The number of carboxylic acid groups (broad SMARTS) is 1. The maximum atomic E-state index is 11.5. The van der Waals surface area contributed by atoms with E-state index in [0.717, 1.165) is 0 Å². The van der Waals surface area contributed by atoms with Crippen LogP contribution in [0.3, 0.4) is 0 Å². The van der Waals surface area contributed by atoms with Crippen molar-refractivity contribution in [1.82, 2.24) is 5.43 Å². The molecule has 1 unspecified atom stereocenters. The van der Waals surface area contributed by atoms with Gasteiger partial charge in [-0.1, -0.05) is 12.1 Å². The zero-order valence-corrected chi connectivity index (χ0v) is 9.70. The zero-order valence-electron chi connectivity index (χ0n) is 8.88. The van der Waals surface area contributed by atoms with Crippen molar-refractivity contribution in [3.8, 4) is 0 Å². The molecule has 1 aromatic carbocycles. The lowest BCUT2D eigenvalue weighted by atomic mass is 10.1. The molecule has 0 saturated heterocycles. The third kappa shape index (κ3) is 4.33. The lowest BCUT2D eigenvalue weighted by Gasteiger charge is -2.02. The van der Waals surface area contributed by atoms with Crippen molar-refractivity contribution in [2.24, 2.45) is 5.84 Å². The van der Waals surface area contributed by atoms with Gasteiger partial charge in [0.15, 0.2) is 0 Å². The maximum absolute atomic E-state index is 11.5. The van der Waals surface area contributed by atoms with Crippen LogP contribution in [0.1, 0.15) is 15.9 Å². The summed E-state index contributed by atoms with van der Waals surface area (Å²) in [4.78, 5) is 21.4. The molecular weight excluding hydrogens is 244 g/mol. The van der Waals surface area contributed by atoms with Crippen LogP contribution in [0, 0.1) is 0 Å². The molecule has 0 heterocycles. The molecule has 0 saturated carbocycles. The van der Waals surface area contributed by atoms with Gasteiger partial charge in [-0.15, -0.1) is 0 Å². The van der Waals surface area contributed by atoms with Gasteiger partial charge < -0.3 is 5.11 Å². The van der Waals surface area contributed by atoms with Gasteiger partial charge in [-0.2, -0.15) is 0 Å². The fourth-order valence-electron chi connectivity index (χ4n) is 1.17. The predicted octanol–water partition coefficient (Wildman–Crippen LogP) is -0.377. The van der Waals surface area contributed by atoms with Crippen LogP contribution in [0.15, 0.2) is 24.3 Å². The average Bonchev–Trinajstić information content (AvgIpc) is 2.29. The summed E-state index contributed by atoms with van der Waals surface area (Å²) < 4.78 is 11.5. The van der Waals surface area contributed by atoms with Gasteiger partial charge in [0.05, 0.1) is 5.56 Å². The molecule has 0 aliphatic carbocycles. The first kappa shape index (κ1) is 13.3. The van der Waals surface area contributed by atoms with E-state index in [9.17, 15) is 13.8 Å².